The van der Waals surface area contributed by atoms with Crippen LogP contribution in [0, 0.1) is 11.3 Å². The zero-order chi connectivity index (χ0) is 21.0. The molecule has 0 fully saturated rings. The smallest absolute Gasteiger partial charge is 0.193 e. The predicted molar refractivity (Wildman–Crippen MR) is 111 cm³/mol. The van der Waals surface area contributed by atoms with Crippen LogP contribution in [0.15, 0.2) is 42.0 Å². The van der Waals surface area contributed by atoms with Gasteiger partial charge in [-0.3, -0.25) is 4.79 Å². The van der Waals surface area contributed by atoms with E-state index in [1.807, 2.05) is 18.2 Å². The molecular formula is C23H21NO4S. The summed E-state index contributed by atoms with van der Waals surface area (Å²) in [4.78, 5) is 13.3. The van der Waals surface area contributed by atoms with Crippen molar-refractivity contribution in [2.45, 2.75) is 25.7 Å². The Hall–Kier alpha value is -2.91. The average molecular weight is 407 g/mol. The minimum Gasteiger partial charge on any atom is -0.493 e. The maximum atomic E-state index is 13.3. The lowest BCUT2D eigenvalue weighted by molar-refractivity contribution is 0.105. The Kier molecular flexibility index (Phi) is 4.39. The Morgan fingerprint density at radius 3 is 2.55 bits per heavy atom. The number of Topliss-reactive ketones (excluding diaryl/α,β-unsaturated/α-hetero) is 1. The summed E-state index contributed by atoms with van der Waals surface area (Å²) in [6.45, 7) is 4.25. The van der Waals surface area contributed by atoms with Gasteiger partial charge in [0.25, 0.3) is 0 Å². The lowest BCUT2D eigenvalue weighted by atomic mass is 9.68. The molecule has 0 heterocycles. The molecule has 148 valence electrons. The van der Waals surface area contributed by atoms with Gasteiger partial charge in [-0.2, -0.15) is 5.26 Å². The monoisotopic (exact) mass is 407 g/mol. The SMILES string of the molecule is CC1(C)C2=C(C(=O)c3ccc(OCCS(C)(=O)=O)cc31)c1ccc(C#N)cc1C2. The van der Waals surface area contributed by atoms with Crippen molar-refractivity contribution in [1.82, 2.24) is 0 Å². The molecule has 0 saturated carbocycles. The number of rotatable bonds is 4. The number of nitriles is 1. The number of benzene rings is 2. The summed E-state index contributed by atoms with van der Waals surface area (Å²) < 4.78 is 28.3. The Morgan fingerprint density at radius 2 is 1.86 bits per heavy atom. The highest BCUT2D eigenvalue weighted by molar-refractivity contribution is 7.90. The Balaban J connectivity index is 1.72. The number of hydrogen-bond donors (Lipinski definition) is 0. The molecule has 0 N–H and O–H groups in total. The van der Waals surface area contributed by atoms with Gasteiger partial charge in [0.15, 0.2) is 15.6 Å². The molecule has 29 heavy (non-hydrogen) atoms. The summed E-state index contributed by atoms with van der Waals surface area (Å²) in [6.07, 6.45) is 1.81. The molecule has 0 atom stereocenters. The third-order valence-electron chi connectivity index (χ3n) is 5.79. The first-order valence-electron chi connectivity index (χ1n) is 9.38. The zero-order valence-corrected chi connectivity index (χ0v) is 17.4. The fourth-order valence-corrected chi connectivity index (χ4v) is 4.61. The first kappa shape index (κ1) is 19.4. The summed E-state index contributed by atoms with van der Waals surface area (Å²) in [7, 11) is -3.10. The van der Waals surface area contributed by atoms with Crippen LogP contribution in [-0.2, 0) is 21.7 Å². The van der Waals surface area contributed by atoms with Gasteiger partial charge in [0.2, 0.25) is 0 Å². The standard InChI is InChI=1S/C23H21NO4S/c1-23(2)19-12-16(28-8-9-29(3,26)27)5-7-18(19)22(25)21-17-6-4-14(13-24)10-15(17)11-20(21)23/h4-7,10,12H,8-9,11H2,1-3H3. The summed E-state index contributed by atoms with van der Waals surface area (Å²) in [5.41, 5.74) is 5.44. The van der Waals surface area contributed by atoms with Crippen LogP contribution in [0.1, 0.15) is 46.5 Å². The van der Waals surface area contributed by atoms with Gasteiger partial charge in [-0.1, -0.05) is 19.9 Å². The molecule has 0 unspecified atom stereocenters. The van der Waals surface area contributed by atoms with Crippen LogP contribution < -0.4 is 4.74 Å². The molecule has 2 aromatic carbocycles. The van der Waals surface area contributed by atoms with Gasteiger partial charge in [-0.15, -0.1) is 0 Å². The average Bonchev–Trinajstić information content (AvgIpc) is 3.05. The van der Waals surface area contributed by atoms with Crippen molar-refractivity contribution in [3.05, 3.63) is 69.8 Å². The Labute approximate surface area is 170 Å². The van der Waals surface area contributed by atoms with Crippen LogP contribution in [0.3, 0.4) is 0 Å². The van der Waals surface area contributed by atoms with Gasteiger partial charge in [-0.05, 0) is 59.0 Å². The van der Waals surface area contributed by atoms with Crippen molar-refractivity contribution in [1.29, 1.82) is 5.26 Å². The van der Waals surface area contributed by atoms with Crippen LogP contribution in [0.4, 0.5) is 0 Å². The van der Waals surface area contributed by atoms with Crippen molar-refractivity contribution in [2.24, 2.45) is 0 Å². The Bertz CT molecular complexity index is 1230. The van der Waals surface area contributed by atoms with Gasteiger partial charge in [-0.25, -0.2) is 8.42 Å². The van der Waals surface area contributed by atoms with Gasteiger partial charge >= 0.3 is 0 Å². The number of allylic oxidation sites excluding steroid dienone is 2. The first-order valence-corrected chi connectivity index (χ1v) is 11.4. The molecule has 0 radical (unpaired) electrons. The Morgan fingerprint density at radius 1 is 1.14 bits per heavy atom. The fourth-order valence-electron chi connectivity index (χ4n) is 4.22. The number of carbonyl (C=O) groups is 1. The summed E-state index contributed by atoms with van der Waals surface area (Å²) >= 11 is 0. The normalized spacial score (nSPS) is 16.7. The zero-order valence-electron chi connectivity index (χ0n) is 16.6. The van der Waals surface area contributed by atoms with E-state index in [0.29, 0.717) is 23.3 Å². The number of sulfone groups is 1. The van der Waals surface area contributed by atoms with E-state index in [2.05, 4.69) is 19.9 Å². The molecule has 0 bridgehead atoms. The third-order valence-corrected chi connectivity index (χ3v) is 6.69. The van der Waals surface area contributed by atoms with Crippen LogP contribution in [0.5, 0.6) is 5.75 Å². The summed E-state index contributed by atoms with van der Waals surface area (Å²) in [5.74, 6) is 0.484. The second kappa shape index (κ2) is 6.57. The lowest BCUT2D eigenvalue weighted by Crippen LogP contribution is -2.29. The molecule has 5 nitrogen and oxygen atoms in total. The molecule has 2 aliphatic carbocycles. The van der Waals surface area contributed by atoms with Gasteiger partial charge < -0.3 is 4.74 Å². The summed E-state index contributed by atoms with van der Waals surface area (Å²) in [5, 5.41) is 9.19. The summed E-state index contributed by atoms with van der Waals surface area (Å²) in [6, 6.07) is 13.0. The van der Waals surface area contributed by atoms with Crippen molar-refractivity contribution in [3.8, 4) is 11.8 Å². The van der Waals surface area contributed by atoms with Crippen molar-refractivity contribution in [2.75, 3.05) is 18.6 Å². The van der Waals surface area contributed by atoms with Crippen LogP contribution >= 0.6 is 0 Å². The molecule has 6 heteroatoms. The minimum absolute atomic E-state index is 0.0135. The van der Waals surface area contributed by atoms with E-state index in [-0.39, 0.29) is 23.6 Å². The highest BCUT2D eigenvalue weighted by Crippen LogP contribution is 2.50. The molecular weight excluding hydrogens is 386 g/mol. The van der Waals surface area contributed by atoms with Crippen LogP contribution in [0.25, 0.3) is 5.57 Å². The van der Waals surface area contributed by atoms with E-state index in [1.54, 1.807) is 18.2 Å². The number of fused-ring (bicyclic) bond motifs is 3. The minimum atomic E-state index is -3.10. The molecule has 2 aliphatic rings. The molecule has 0 aromatic heterocycles. The second-order valence-electron chi connectivity index (χ2n) is 8.15. The van der Waals surface area contributed by atoms with Crippen LogP contribution in [-0.4, -0.2) is 32.8 Å². The van der Waals surface area contributed by atoms with E-state index in [9.17, 15) is 18.5 Å². The van der Waals surface area contributed by atoms with Gasteiger partial charge in [0.1, 0.15) is 12.4 Å². The topological polar surface area (TPSA) is 84.2 Å². The van der Waals surface area contributed by atoms with Gasteiger partial charge in [0.05, 0.1) is 17.4 Å². The number of ether oxygens (including phenoxy) is 1. The molecule has 0 spiro atoms. The molecule has 4 rings (SSSR count). The first-order chi connectivity index (χ1) is 13.6. The predicted octanol–water partition coefficient (Wildman–Crippen LogP) is 3.47. The highest BCUT2D eigenvalue weighted by atomic mass is 32.2. The number of hydrogen-bond acceptors (Lipinski definition) is 5. The molecule has 0 amide bonds. The van der Waals surface area contributed by atoms with Crippen molar-refractivity contribution in [3.63, 3.8) is 0 Å². The maximum Gasteiger partial charge on any atom is 0.193 e. The van der Waals surface area contributed by atoms with E-state index < -0.39 is 9.84 Å². The fraction of sp³-hybridized carbons (Fsp3) is 0.304. The largest absolute Gasteiger partial charge is 0.493 e. The number of ketones is 1. The lowest BCUT2D eigenvalue weighted by Gasteiger charge is -2.34. The third kappa shape index (κ3) is 3.26. The van der Waals surface area contributed by atoms with Crippen molar-refractivity contribution >= 4 is 21.2 Å². The molecule has 0 aliphatic heterocycles. The van der Waals surface area contributed by atoms with E-state index in [1.165, 1.54) is 6.26 Å². The van der Waals surface area contributed by atoms with Crippen LogP contribution in [0.2, 0.25) is 0 Å². The number of nitrogens with zero attached hydrogens (tertiary/aromatic N) is 1. The van der Waals surface area contributed by atoms with E-state index in [4.69, 9.17) is 4.74 Å². The second-order valence-corrected chi connectivity index (χ2v) is 10.4. The maximum absolute atomic E-state index is 13.3. The van der Waals surface area contributed by atoms with Crippen molar-refractivity contribution < 1.29 is 17.9 Å². The van der Waals surface area contributed by atoms with E-state index >= 15 is 0 Å². The van der Waals surface area contributed by atoms with E-state index in [0.717, 1.165) is 27.8 Å². The van der Waals surface area contributed by atoms with Gasteiger partial charge in [0, 0.05) is 22.8 Å². The number of carbonyl (C=O) groups excluding carboxylic acids is 1. The molecule has 2 aromatic rings. The highest BCUT2D eigenvalue weighted by Gasteiger charge is 2.42. The molecule has 0 saturated heterocycles. The quantitative estimate of drug-likeness (QED) is 0.775.